The van der Waals surface area contributed by atoms with Crippen LogP contribution in [-0.2, 0) is 9.84 Å². The van der Waals surface area contributed by atoms with Gasteiger partial charge in [-0.05, 0) is 6.92 Å². The molecule has 0 aromatic carbocycles. The molecule has 0 unspecified atom stereocenters. The first-order valence-corrected chi connectivity index (χ1v) is 6.96. The predicted octanol–water partition coefficient (Wildman–Crippen LogP) is 0.733. The van der Waals surface area contributed by atoms with E-state index in [9.17, 15) is 8.42 Å². The SMILES string of the molecule is Br.CCN1C(=N)S[C@H]2CS(=O)(=O)C[C@H]21. The van der Waals surface area contributed by atoms with Crippen LogP contribution in [0.4, 0.5) is 0 Å². The lowest BCUT2D eigenvalue weighted by atomic mass is 10.2. The highest BCUT2D eigenvalue weighted by Crippen LogP contribution is 2.36. The molecule has 2 aliphatic rings. The van der Waals surface area contributed by atoms with Crippen LogP contribution in [0.25, 0.3) is 0 Å². The summed E-state index contributed by atoms with van der Waals surface area (Å²) in [6.07, 6.45) is 0. The Kier molecular flexibility index (Phi) is 3.53. The Balaban J connectivity index is 0.000000980. The number of amidine groups is 1. The van der Waals surface area contributed by atoms with E-state index in [1.54, 1.807) is 0 Å². The molecule has 2 fully saturated rings. The average molecular weight is 301 g/mol. The maximum atomic E-state index is 11.3. The van der Waals surface area contributed by atoms with Gasteiger partial charge in [0.15, 0.2) is 15.0 Å². The Morgan fingerprint density at radius 2 is 2.21 bits per heavy atom. The van der Waals surface area contributed by atoms with E-state index in [2.05, 4.69) is 0 Å². The van der Waals surface area contributed by atoms with Gasteiger partial charge in [0.1, 0.15) is 0 Å². The molecule has 0 amide bonds. The highest BCUT2D eigenvalue weighted by molar-refractivity contribution is 8.93. The third-order valence-corrected chi connectivity index (χ3v) is 5.71. The number of nitrogens with zero attached hydrogens (tertiary/aromatic N) is 1. The van der Waals surface area contributed by atoms with Gasteiger partial charge in [-0.2, -0.15) is 0 Å². The summed E-state index contributed by atoms with van der Waals surface area (Å²) >= 11 is 1.40. The van der Waals surface area contributed by atoms with Crippen LogP contribution >= 0.6 is 28.7 Å². The van der Waals surface area contributed by atoms with Crippen LogP contribution in [0.15, 0.2) is 0 Å². The monoisotopic (exact) mass is 300 g/mol. The lowest BCUT2D eigenvalue weighted by Crippen LogP contribution is -2.36. The fraction of sp³-hybridized carbons (Fsp3) is 0.857. The van der Waals surface area contributed by atoms with Gasteiger partial charge < -0.3 is 4.90 Å². The fourth-order valence-corrected chi connectivity index (χ4v) is 5.83. The molecule has 2 aliphatic heterocycles. The van der Waals surface area contributed by atoms with Gasteiger partial charge >= 0.3 is 0 Å². The van der Waals surface area contributed by atoms with E-state index in [0.29, 0.717) is 5.17 Å². The summed E-state index contributed by atoms with van der Waals surface area (Å²) in [6.45, 7) is 2.70. The van der Waals surface area contributed by atoms with Gasteiger partial charge in [0.2, 0.25) is 0 Å². The Labute approximate surface area is 98.6 Å². The van der Waals surface area contributed by atoms with Crippen molar-refractivity contribution in [2.24, 2.45) is 0 Å². The highest BCUT2D eigenvalue weighted by Gasteiger charge is 2.47. The van der Waals surface area contributed by atoms with E-state index >= 15 is 0 Å². The van der Waals surface area contributed by atoms with Gasteiger partial charge in [-0.25, -0.2) is 8.42 Å². The van der Waals surface area contributed by atoms with Gasteiger partial charge in [0, 0.05) is 11.8 Å². The molecule has 2 saturated heterocycles. The number of fused-ring (bicyclic) bond motifs is 1. The third-order valence-electron chi connectivity index (χ3n) is 2.54. The molecule has 1 N–H and O–H groups in total. The summed E-state index contributed by atoms with van der Waals surface area (Å²) in [6, 6.07) is 0.0625. The lowest BCUT2D eigenvalue weighted by molar-refractivity contribution is 0.373. The van der Waals surface area contributed by atoms with Gasteiger partial charge in [-0.3, -0.25) is 5.41 Å². The van der Waals surface area contributed by atoms with Crippen LogP contribution in [0.1, 0.15) is 6.92 Å². The molecule has 0 saturated carbocycles. The second-order valence-corrected chi connectivity index (χ2v) is 6.77. The smallest absolute Gasteiger partial charge is 0.157 e. The van der Waals surface area contributed by atoms with Crippen molar-refractivity contribution >= 4 is 43.7 Å². The van der Waals surface area contributed by atoms with Crippen molar-refractivity contribution in [2.75, 3.05) is 18.1 Å². The molecular weight excluding hydrogens is 288 g/mol. The fourth-order valence-electron chi connectivity index (χ4n) is 1.94. The van der Waals surface area contributed by atoms with E-state index in [0.717, 1.165) is 6.54 Å². The van der Waals surface area contributed by atoms with E-state index in [-0.39, 0.29) is 39.8 Å². The molecule has 0 aliphatic carbocycles. The van der Waals surface area contributed by atoms with Crippen LogP contribution in [0, 0.1) is 5.41 Å². The van der Waals surface area contributed by atoms with Gasteiger partial charge in [0.05, 0.1) is 17.5 Å². The quantitative estimate of drug-likeness (QED) is 0.776. The van der Waals surface area contributed by atoms with E-state index in [1.165, 1.54) is 11.8 Å². The van der Waals surface area contributed by atoms with Gasteiger partial charge in [-0.15, -0.1) is 17.0 Å². The van der Waals surface area contributed by atoms with Crippen LogP contribution in [-0.4, -0.2) is 47.8 Å². The van der Waals surface area contributed by atoms with E-state index in [1.807, 2.05) is 11.8 Å². The largest absolute Gasteiger partial charge is 0.347 e. The second-order valence-electron chi connectivity index (χ2n) is 3.39. The molecule has 2 atom stereocenters. The Morgan fingerprint density at radius 3 is 2.79 bits per heavy atom. The zero-order valence-corrected chi connectivity index (χ0v) is 11.1. The van der Waals surface area contributed by atoms with Crippen molar-refractivity contribution in [1.82, 2.24) is 4.90 Å². The summed E-state index contributed by atoms with van der Waals surface area (Å²) in [5.74, 6) is 0.488. The second kappa shape index (κ2) is 4.02. The van der Waals surface area contributed by atoms with Crippen LogP contribution in [0.2, 0.25) is 0 Å². The molecule has 4 nitrogen and oxygen atoms in total. The molecule has 2 heterocycles. The van der Waals surface area contributed by atoms with Crippen LogP contribution in [0.3, 0.4) is 0 Å². The molecule has 0 bridgehead atoms. The summed E-state index contributed by atoms with van der Waals surface area (Å²) in [4.78, 5) is 1.89. The molecule has 0 aromatic rings. The number of thioether (sulfide) groups is 1. The van der Waals surface area contributed by atoms with Crippen molar-refractivity contribution in [2.45, 2.75) is 18.2 Å². The van der Waals surface area contributed by atoms with Crippen molar-refractivity contribution in [1.29, 1.82) is 5.41 Å². The number of hydrogen-bond acceptors (Lipinski definition) is 4. The molecule has 14 heavy (non-hydrogen) atoms. The maximum Gasteiger partial charge on any atom is 0.157 e. The van der Waals surface area contributed by atoms with Gasteiger partial charge in [0.25, 0.3) is 0 Å². The van der Waals surface area contributed by atoms with Crippen molar-refractivity contribution < 1.29 is 8.42 Å². The molecule has 0 aromatic heterocycles. The minimum atomic E-state index is -2.83. The topological polar surface area (TPSA) is 61.2 Å². The zero-order chi connectivity index (χ0) is 9.64. The first-order chi connectivity index (χ1) is 6.03. The summed E-state index contributed by atoms with van der Waals surface area (Å²) in [5.41, 5.74) is 0. The maximum absolute atomic E-state index is 11.3. The summed E-state index contributed by atoms with van der Waals surface area (Å²) in [7, 11) is -2.83. The number of sulfone groups is 1. The normalized spacial score (nSPS) is 34.1. The zero-order valence-electron chi connectivity index (χ0n) is 7.76. The van der Waals surface area contributed by atoms with Crippen molar-refractivity contribution in [3.8, 4) is 0 Å². The molecular formula is C7H13BrN2O2S2. The average Bonchev–Trinajstić information content (AvgIpc) is 2.39. The molecule has 7 heteroatoms. The van der Waals surface area contributed by atoms with Crippen molar-refractivity contribution in [3.63, 3.8) is 0 Å². The van der Waals surface area contributed by atoms with Crippen molar-refractivity contribution in [3.05, 3.63) is 0 Å². The highest BCUT2D eigenvalue weighted by atomic mass is 79.9. The number of rotatable bonds is 1. The Bertz CT molecular complexity index is 344. The Hall–Kier alpha value is 0.250. The summed E-state index contributed by atoms with van der Waals surface area (Å²) < 4.78 is 22.6. The first kappa shape index (κ1) is 12.3. The number of nitrogens with one attached hydrogen (secondary N) is 1. The van der Waals surface area contributed by atoms with Crippen LogP contribution in [0.5, 0.6) is 0 Å². The van der Waals surface area contributed by atoms with E-state index < -0.39 is 9.84 Å². The lowest BCUT2D eigenvalue weighted by Gasteiger charge is -2.21. The van der Waals surface area contributed by atoms with Crippen LogP contribution < -0.4 is 0 Å². The number of hydrogen-bond donors (Lipinski definition) is 1. The van der Waals surface area contributed by atoms with Gasteiger partial charge in [-0.1, -0.05) is 11.8 Å². The Morgan fingerprint density at radius 1 is 1.57 bits per heavy atom. The standard InChI is InChI=1S/C7H12N2O2S2.BrH/c1-2-9-5-3-13(10,11)4-6(5)12-7(9)8;/h5-6,8H,2-4H2,1H3;1H/t5-,6+;/m1./s1. The minimum Gasteiger partial charge on any atom is -0.347 e. The third kappa shape index (κ3) is 1.94. The molecule has 0 spiro atoms. The molecule has 0 radical (unpaired) electrons. The predicted molar refractivity (Wildman–Crippen MR) is 64.2 cm³/mol. The molecule has 82 valence electrons. The first-order valence-electron chi connectivity index (χ1n) is 4.26. The number of halogens is 1. The molecule has 2 rings (SSSR count). The minimum absolute atomic E-state index is 0. The van der Waals surface area contributed by atoms with E-state index in [4.69, 9.17) is 5.41 Å². The summed E-state index contributed by atoms with van der Waals surface area (Å²) in [5, 5.41) is 8.27.